The Bertz CT molecular complexity index is 430. The third-order valence-electron chi connectivity index (χ3n) is 3.87. The number of pyridine rings is 1. The van der Waals surface area contributed by atoms with Crippen LogP contribution in [0, 0.1) is 12.3 Å². The van der Waals surface area contributed by atoms with E-state index in [4.69, 9.17) is 5.73 Å². The van der Waals surface area contributed by atoms with Gasteiger partial charge in [-0.1, -0.05) is 13.3 Å². The number of hydrogen-bond acceptors (Lipinski definition) is 4. The van der Waals surface area contributed by atoms with Crippen LogP contribution in [-0.2, 0) is 0 Å². The molecule has 98 valence electrons. The van der Waals surface area contributed by atoms with Crippen molar-refractivity contribution in [3.8, 4) is 0 Å². The predicted octanol–water partition coefficient (Wildman–Crippen LogP) is 1.93. The van der Waals surface area contributed by atoms with Gasteiger partial charge in [0.15, 0.2) is 5.78 Å². The Morgan fingerprint density at radius 2 is 2.39 bits per heavy atom. The van der Waals surface area contributed by atoms with E-state index in [1.165, 1.54) is 0 Å². The molecule has 2 rings (SSSR count). The minimum absolute atomic E-state index is 0.164. The average Bonchev–Trinajstić information content (AvgIpc) is 2.79. The summed E-state index contributed by atoms with van der Waals surface area (Å²) in [7, 11) is 0. The molecule has 0 aliphatic carbocycles. The summed E-state index contributed by atoms with van der Waals surface area (Å²) in [5.74, 6) is 0.528. The first-order valence-electron chi connectivity index (χ1n) is 6.57. The highest BCUT2D eigenvalue weighted by molar-refractivity contribution is 6.05. The lowest BCUT2D eigenvalue weighted by molar-refractivity contribution is 0.0802. The third-order valence-corrected chi connectivity index (χ3v) is 3.87. The molecule has 1 aromatic rings. The Kier molecular flexibility index (Phi) is 3.66. The van der Waals surface area contributed by atoms with Crippen LogP contribution in [0.5, 0.6) is 0 Å². The molecule has 1 unspecified atom stereocenters. The molecular weight excluding hydrogens is 226 g/mol. The van der Waals surface area contributed by atoms with Crippen molar-refractivity contribution in [3.05, 3.63) is 23.4 Å². The van der Waals surface area contributed by atoms with Crippen LogP contribution in [0.4, 0.5) is 5.82 Å². The molecule has 1 saturated heterocycles. The van der Waals surface area contributed by atoms with Gasteiger partial charge in [0, 0.05) is 18.2 Å². The summed E-state index contributed by atoms with van der Waals surface area (Å²) in [4.78, 5) is 16.9. The second kappa shape index (κ2) is 5.06. The number of Topliss-reactive ketones (excluding diaryl/α,β-unsaturated/α-hetero) is 1. The van der Waals surface area contributed by atoms with Crippen LogP contribution in [0.3, 0.4) is 0 Å². The van der Waals surface area contributed by atoms with Gasteiger partial charge in [-0.3, -0.25) is 4.79 Å². The van der Waals surface area contributed by atoms with E-state index < -0.39 is 0 Å². The molecule has 4 nitrogen and oxygen atoms in total. The highest BCUT2D eigenvalue weighted by Crippen LogP contribution is 2.36. The second-order valence-corrected chi connectivity index (χ2v) is 5.17. The number of aryl methyl sites for hydroxylation is 1. The quantitative estimate of drug-likeness (QED) is 0.798. The molecule has 0 bridgehead atoms. The molecular formula is C14H21N3O. The second-order valence-electron chi connectivity index (χ2n) is 5.17. The van der Waals surface area contributed by atoms with Gasteiger partial charge in [0.2, 0.25) is 0 Å². The number of carbonyl (C=O) groups excluding carboxylic acids is 1. The Morgan fingerprint density at radius 1 is 1.61 bits per heavy atom. The fourth-order valence-corrected chi connectivity index (χ4v) is 2.88. The molecule has 2 heterocycles. The Labute approximate surface area is 108 Å². The molecule has 4 heteroatoms. The number of rotatable bonds is 4. The minimum atomic E-state index is -0.281. The first kappa shape index (κ1) is 13.0. The minimum Gasteiger partial charge on any atom is -0.383 e. The van der Waals surface area contributed by atoms with E-state index in [-0.39, 0.29) is 11.2 Å². The van der Waals surface area contributed by atoms with Gasteiger partial charge < -0.3 is 11.1 Å². The molecule has 1 aliphatic rings. The number of nitrogens with one attached hydrogen (secondary N) is 1. The van der Waals surface area contributed by atoms with Gasteiger partial charge in [-0.2, -0.15) is 0 Å². The monoisotopic (exact) mass is 247 g/mol. The average molecular weight is 247 g/mol. The van der Waals surface area contributed by atoms with Crippen LogP contribution in [-0.4, -0.2) is 23.9 Å². The lowest BCUT2D eigenvalue weighted by Gasteiger charge is -2.27. The zero-order valence-electron chi connectivity index (χ0n) is 11.1. The molecule has 1 aliphatic heterocycles. The summed E-state index contributed by atoms with van der Waals surface area (Å²) in [5, 5.41) is 3.31. The Morgan fingerprint density at radius 3 is 2.94 bits per heavy atom. The first-order valence-corrected chi connectivity index (χ1v) is 6.57. The van der Waals surface area contributed by atoms with Gasteiger partial charge in [-0.25, -0.2) is 4.98 Å². The van der Waals surface area contributed by atoms with Crippen molar-refractivity contribution in [3.63, 3.8) is 0 Å². The topological polar surface area (TPSA) is 68.0 Å². The van der Waals surface area contributed by atoms with Crippen LogP contribution in [0.1, 0.15) is 42.1 Å². The first-order chi connectivity index (χ1) is 8.60. The maximum absolute atomic E-state index is 12.8. The third kappa shape index (κ3) is 2.12. The number of carbonyl (C=O) groups is 1. The molecule has 1 fully saturated rings. The van der Waals surface area contributed by atoms with E-state index in [9.17, 15) is 4.79 Å². The summed E-state index contributed by atoms with van der Waals surface area (Å²) in [6, 6.07) is 1.85. The largest absolute Gasteiger partial charge is 0.383 e. The maximum atomic E-state index is 12.8. The summed E-state index contributed by atoms with van der Waals surface area (Å²) in [6.45, 7) is 5.71. The van der Waals surface area contributed by atoms with Crippen molar-refractivity contribution >= 4 is 11.6 Å². The molecule has 0 amide bonds. The molecule has 0 saturated carbocycles. The van der Waals surface area contributed by atoms with E-state index in [2.05, 4.69) is 17.2 Å². The van der Waals surface area contributed by atoms with Crippen molar-refractivity contribution in [1.82, 2.24) is 10.3 Å². The lowest BCUT2D eigenvalue weighted by Crippen LogP contribution is -2.34. The number of nitrogens with two attached hydrogens (primary N) is 1. The van der Waals surface area contributed by atoms with Crippen molar-refractivity contribution in [2.75, 3.05) is 18.8 Å². The van der Waals surface area contributed by atoms with E-state index in [1.54, 1.807) is 6.20 Å². The van der Waals surface area contributed by atoms with Crippen molar-refractivity contribution in [1.29, 1.82) is 0 Å². The Hall–Kier alpha value is -1.42. The molecule has 1 atom stereocenters. The van der Waals surface area contributed by atoms with Crippen LogP contribution >= 0.6 is 0 Å². The van der Waals surface area contributed by atoms with Gasteiger partial charge in [0.25, 0.3) is 0 Å². The van der Waals surface area contributed by atoms with E-state index in [0.29, 0.717) is 11.4 Å². The van der Waals surface area contributed by atoms with E-state index in [0.717, 1.165) is 37.9 Å². The molecule has 1 aromatic heterocycles. The van der Waals surface area contributed by atoms with Gasteiger partial charge in [0.05, 0.1) is 5.56 Å². The van der Waals surface area contributed by atoms with E-state index >= 15 is 0 Å². The van der Waals surface area contributed by atoms with Gasteiger partial charge >= 0.3 is 0 Å². The van der Waals surface area contributed by atoms with Crippen LogP contribution in [0.25, 0.3) is 0 Å². The van der Waals surface area contributed by atoms with Crippen LogP contribution in [0.15, 0.2) is 12.3 Å². The molecule has 18 heavy (non-hydrogen) atoms. The zero-order valence-corrected chi connectivity index (χ0v) is 11.1. The van der Waals surface area contributed by atoms with Crippen LogP contribution < -0.4 is 11.1 Å². The highest BCUT2D eigenvalue weighted by atomic mass is 16.1. The molecule has 0 spiro atoms. The smallest absolute Gasteiger partial charge is 0.174 e. The summed E-state index contributed by atoms with van der Waals surface area (Å²) in [5.41, 5.74) is 7.16. The predicted molar refractivity (Wildman–Crippen MR) is 72.5 cm³/mol. The highest BCUT2D eigenvalue weighted by Gasteiger charge is 2.41. The molecule has 0 aromatic carbocycles. The lowest BCUT2D eigenvalue weighted by atomic mass is 9.75. The summed E-state index contributed by atoms with van der Waals surface area (Å²) >= 11 is 0. The fraction of sp³-hybridized carbons (Fsp3) is 0.571. The van der Waals surface area contributed by atoms with Crippen molar-refractivity contribution in [2.24, 2.45) is 5.41 Å². The van der Waals surface area contributed by atoms with Crippen molar-refractivity contribution in [2.45, 2.75) is 33.1 Å². The van der Waals surface area contributed by atoms with Gasteiger partial charge in [0.1, 0.15) is 5.82 Å². The van der Waals surface area contributed by atoms with Crippen LogP contribution in [0.2, 0.25) is 0 Å². The maximum Gasteiger partial charge on any atom is 0.174 e. The fourth-order valence-electron chi connectivity index (χ4n) is 2.88. The number of nitrogens with zero attached hydrogens (tertiary/aromatic N) is 1. The Balaban J connectivity index is 2.40. The van der Waals surface area contributed by atoms with E-state index in [1.807, 2.05) is 13.0 Å². The number of anilines is 1. The number of hydrogen-bond donors (Lipinski definition) is 2. The van der Waals surface area contributed by atoms with Crippen molar-refractivity contribution < 1.29 is 4.79 Å². The summed E-state index contributed by atoms with van der Waals surface area (Å²) in [6.07, 6.45) is 4.47. The summed E-state index contributed by atoms with van der Waals surface area (Å²) < 4.78 is 0. The normalized spacial score (nSPS) is 23.2. The SMILES string of the molecule is CCCC1(C(=O)c2c(C)ccnc2N)CCNC1. The zero-order chi connectivity index (χ0) is 13.2. The molecule has 3 N–H and O–H groups in total. The molecule has 0 radical (unpaired) electrons. The van der Waals surface area contributed by atoms with Gasteiger partial charge in [-0.05, 0) is 37.9 Å². The number of ketones is 1. The van der Waals surface area contributed by atoms with Gasteiger partial charge in [-0.15, -0.1) is 0 Å². The standard InChI is InChI=1S/C14H21N3O/c1-3-5-14(6-8-16-9-14)12(18)11-10(2)4-7-17-13(11)15/h4,7,16H,3,5-6,8-9H2,1-2H3,(H2,15,17). The number of aromatic nitrogens is 1. The number of nitrogen functional groups attached to an aromatic ring is 1.